The summed E-state index contributed by atoms with van der Waals surface area (Å²) in [5, 5.41) is 0. The van der Waals surface area contributed by atoms with Gasteiger partial charge < -0.3 is 4.98 Å². The normalized spacial score (nSPS) is 10.7. The summed E-state index contributed by atoms with van der Waals surface area (Å²) in [4.78, 5) is 3.10. The fourth-order valence-electron chi connectivity index (χ4n) is 2.03. The van der Waals surface area contributed by atoms with E-state index in [0.29, 0.717) is 0 Å². The van der Waals surface area contributed by atoms with Crippen molar-refractivity contribution in [2.45, 2.75) is 27.2 Å². The van der Waals surface area contributed by atoms with Crippen LogP contribution in [0.5, 0.6) is 0 Å². The predicted molar refractivity (Wildman–Crippen MR) is 69.8 cm³/mol. The van der Waals surface area contributed by atoms with Gasteiger partial charge in [0.1, 0.15) is 0 Å². The highest BCUT2D eigenvalue weighted by Crippen LogP contribution is 2.17. The van der Waals surface area contributed by atoms with Gasteiger partial charge in [-0.05, 0) is 55.7 Å². The molecule has 1 aromatic carbocycles. The predicted octanol–water partition coefficient (Wildman–Crippen LogP) is 3.71. The van der Waals surface area contributed by atoms with E-state index in [4.69, 9.17) is 12.2 Å². The molecule has 0 unspecified atom stereocenters. The molecule has 1 N–H and O–H groups in total. The van der Waals surface area contributed by atoms with Crippen LogP contribution in [0, 0.1) is 18.6 Å². The van der Waals surface area contributed by atoms with Crippen LogP contribution in [-0.4, -0.2) is 9.55 Å². The van der Waals surface area contributed by atoms with E-state index in [-0.39, 0.29) is 0 Å². The molecule has 84 valence electrons. The monoisotopic (exact) mass is 232 g/mol. The Morgan fingerprint density at radius 1 is 1.19 bits per heavy atom. The molecule has 16 heavy (non-hydrogen) atoms. The van der Waals surface area contributed by atoms with Crippen LogP contribution in [0.1, 0.15) is 23.7 Å². The van der Waals surface area contributed by atoms with E-state index in [9.17, 15) is 0 Å². The molecule has 0 atom stereocenters. The summed E-state index contributed by atoms with van der Waals surface area (Å²) in [7, 11) is 0. The van der Waals surface area contributed by atoms with Crippen LogP contribution >= 0.6 is 12.2 Å². The second-order valence-electron chi connectivity index (χ2n) is 4.12. The number of rotatable bonds is 2. The summed E-state index contributed by atoms with van der Waals surface area (Å²) in [6.45, 7) is 6.36. The van der Waals surface area contributed by atoms with Gasteiger partial charge in [0.25, 0.3) is 0 Å². The van der Waals surface area contributed by atoms with E-state index in [2.05, 4.69) is 48.5 Å². The van der Waals surface area contributed by atoms with Gasteiger partial charge in [0.15, 0.2) is 4.77 Å². The lowest BCUT2D eigenvalue weighted by Crippen LogP contribution is -2.00. The molecule has 1 aromatic heterocycles. The Kier molecular flexibility index (Phi) is 2.97. The van der Waals surface area contributed by atoms with Gasteiger partial charge in [0.05, 0.1) is 0 Å². The number of aryl methyl sites for hydroxylation is 3. The summed E-state index contributed by atoms with van der Waals surface area (Å²) in [5.74, 6) is 0. The van der Waals surface area contributed by atoms with Crippen LogP contribution in [-0.2, 0) is 6.42 Å². The second-order valence-corrected chi connectivity index (χ2v) is 4.51. The van der Waals surface area contributed by atoms with Crippen molar-refractivity contribution >= 4 is 12.2 Å². The lowest BCUT2D eigenvalue weighted by atomic mass is 10.1. The molecular formula is C13H16N2S. The number of hydrogen-bond acceptors (Lipinski definition) is 1. The molecule has 0 aliphatic heterocycles. The Morgan fingerprint density at radius 2 is 1.81 bits per heavy atom. The topological polar surface area (TPSA) is 20.7 Å². The Hall–Kier alpha value is -1.35. The van der Waals surface area contributed by atoms with E-state index in [0.717, 1.165) is 16.9 Å². The molecule has 0 saturated heterocycles. The lowest BCUT2D eigenvalue weighted by molar-refractivity contribution is 0.919. The van der Waals surface area contributed by atoms with Crippen LogP contribution in [0.15, 0.2) is 24.4 Å². The van der Waals surface area contributed by atoms with Crippen molar-refractivity contribution in [3.63, 3.8) is 0 Å². The standard InChI is InChI=1S/C13H16N2S/c1-4-11-8-14-13(16)15(11)12-6-9(2)5-10(3)7-12/h5-8H,4H2,1-3H3,(H,14,16). The largest absolute Gasteiger partial charge is 0.337 e. The summed E-state index contributed by atoms with van der Waals surface area (Å²) < 4.78 is 2.87. The minimum Gasteiger partial charge on any atom is -0.337 e. The Balaban J connectivity index is 2.66. The molecule has 2 nitrogen and oxygen atoms in total. The number of imidazole rings is 1. The maximum atomic E-state index is 5.32. The molecule has 1 heterocycles. The molecule has 0 radical (unpaired) electrons. The minimum atomic E-state index is 0.766. The zero-order valence-electron chi connectivity index (χ0n) is 9.87. The SMILES string of the molecule is CCc1c[nH]c(=S)n1-c1cc(C)cc(C)c1. The zero-order valence-corrected chi connectivity index (χ0v) is 10.7. The number of benzene rings is 1. The summed E-state index contributed by atoms with van der Waals surface area (Å²) in [6.07, 6.45) is 2.96. The molecule has 0 fully saturated rings. The highest BCUT2D eigenvalue weighted by Gasteiger charge is 2.05. The number of hydrogen-bond donors (Lipinski definition) is 1. The minimum absolute atomic E-state index is 0.766. The number of aromatic amines is 1. The van der Waals surface area contributed by atoms with Crippen molar-refractivity contribution in [2.75, 3.05) is 0 Å². The van der Waals surface area contributed by atoms with Crippen LogP contribution in [0.3, 0.4) is 0 Å². The van der Waals surface area contributed by atoms with Crippen molar-refractivity contribution in [2.24, 2.45) is 0 Å². The fourth-order valence-corrected chi connectivity index (χ4v) is 2.31. The van der Waals surface area contributed by atoms with E-state index >= 15 is 0 Å². The van der Waals surface area contributed by atoms with E-state index < -0.39 is 0 Å². The van der Waals surface area contributed by atoms with Gasteiger partial charge in [-0.1, -0.05) is 13.0 Å². The molecule has 3 heteroatoms. The summed E-state index contributed by atoms with van der Waals surface area (Å²) in [6, 6.07) is 6.50. The molecule has 2 rings (SSSR count). The zero-order chi connectivity index (χ0) is 11.7. The summed E-state index contributed by atoms with van der Waals surface area (Å²) in [5.41, 5.74) is 4.90. The molecule has 0 bridgehead atoms. The van der Waals surface area contributed by atoms with Crippen molar-refractivity contribution < 1.29 is 0 Å². The maximum absolute atomic E-state index is 5.32. The van der Waals surface area contributed by atoms with Gasteiger partial charge in [-0.2, -0.15) is 0 Å². The first-order chi connectivity index (χ1) is 7.61. The average molecular weight is 232 g/mol. The number of H-pyrrole nitrogens is 1. The Labute approximate surface area is 101 Å². The van der Waals surface area contributed by atoms with Crippen LogP contribution in [0.2, 0.25) is 0 Å². The highest BCUT2D eigenvalue weighted by atomic mass is 32.1. The number of aromatic nitrogens is 2. The van der Waals surface area contributed by atoms with Crippen molar-refractivity contribution in [1.82, 2.24) is 9.55 Å². The van der Waals surface area contributed by atoms with Crippen LogP contribution < -0.4 is 0 Å². The molecular weight excluding hydrogens is 216 g/mol. The molecule has 0 spiro atoms. The van der Waals surface area contributed by atoms with Gasteiger partial charge in [0.2, 0.25) is 0 Å². The van der Waals surface area contributed by atoms with E-state index in [1.807, 2.05) is 6.20 Å². The first-order valence-corrected chi connectivity index (χ1v) is 5.90. The summed E-state index contributed by atoms with van der Waals surface area (Å²) >= 11 is 5.32. The molecule has 2 aromatic rings. The molecule has 0 saturated carbocycles. The smallest absolute Gasteiger partial charge is 0.182 e. The van der Waals surface area contributed by atoms with E-state index in [1.54, 1.807) is 0 Å². The van der Waals surface area contributed by atoms with Gasteiger partial charge in [-0.15, -0.1) is 0 Å². The molecule has 0 aliphatic carbocycles. The number of nitrogens with zero attached hydrogens (tertiary/aromatic N) is 1. The van der Waals surface area contributed by atoms with E-state index in [1.165, 1.54) is 16.8 Å². The van der Waals surface area contributed by atoms with Crippen molar-refractivity contribution in [3.8, 4) is 5.69 Å². The third-order valence-corrected chi connectivity index (χ3v) is 2.98. The highest BCUT2D eigenvalue weighted by molar-refractivity contribution is 7.71. The first kappa shape index (κ1) is 11.1. The average Bonchev–Trinajstić information content (AvgIpc) is 2.58. The van der Waals surface area contributed by atoms with Gasteiger partial charge in [0, 0.05) is 17.6 Å². The third-order valence-electron chi connectivity index (χ3n) is 2.68. The first-order valence-electron chi connectivity index (χ1n) is 5.50. The number of nitrogens with one attached hydrogen (secondary N) is 1. The Bertz CT molecular complexity index is 543. The Morgan fingerprint density at radius 3 is 2.38 bits per heavy atom. The second kappa shape index (κ2) is 4.26. The van der Waals surface area contributed by atoms with Crippen LogP contribution in [0.4, 0.5) is 0 Å². The van der Waals surface area contributed by atoms with Crippen molar-refractivity contribution in [1.29, 1.82) is 0 Å². The quantitative estimate of drug-likeness (QED) is 0.783. The van der Waals surface area contributed by atoms with Gasteiger partial charge in [-0.3, -0.25) is 4.57 Å². The fraction of sp³-hybridized carbons (Fsp3) is 0.308. The molecule has 0 amide bonds. The lowest BCUT2D eigenvalue weighted by Gasteiger charge is -2.09. The van der Waals surface area contributed by atoms with Crippen LogP contribution in [0.25, 0.3) is 5.69 Å². The molecule has 0 aliphatic rings. The third kappa shape index (κ3) is 1.95. The van der Waals surface area contributed by atoms with Crippen molar-refractivity contribution in [3.05, 3.63) is 46.0 Å². The van der Waals surface area contributed by atoms with Gasteiger partial charge in [-0.25, -0.2) is 0 Å². The van der Waals surface area contributed by atoms with Gasteiger partial charge >= 0.3 is 0 Å². The maximum Gasteiger partial charge on any atom is 0.182 e.